The van der Waals surface area contributed by atoms with Crippen LogP contribution in [-0.2, 0) is 10.0 Å². The molecule has 0 heterocycles. The number of anilines is 1. The van der Waals surface area contributed by atoms with Gasteiger partial charge in [0, 0.05) is 16.6 Å². The lowest BCUT2D eigenvalue weighted by Crippen LogP contribution is -2.12. The van der Waals surface area contributed by atoms with Gasteiger partial charge in [-0.3, -0.25) is 14.8 Å². The standard InChI is InChI=1S/C12H9BrN2O4S/c13-9-3-1-6-12(7-9)20(18,19)14-10-4-2-5-11(8-10)15(16)17/h1-8,14H. The van der Waals surface area contributed by atoms with E-state index >= 15 is 0 Å². The molecule has 0 saturated carbocycles. The van der Waals surface area contributed by atoms with Crippen LogP contribution in [0.4, 0.5) is 11.4 Å². The summed E-state index contributed by atoms with van der Waals surface area (Å²) >= 11 is 3.19. The van der Waals surface area contributed by atoms with E-state index in [4.69, 9.17) is 0 Å². The average molecular weight is 357 g/mol. The van der Waals surface area contributed by atoms with Crippen molar-refractivity contribution in [3.8, 4) is 0 Å². The molecule has 0 fully saturated rings. The Bertz CT molecular complexity index is 762. The lowest BCUT2D eigenvalue weighted by molar-refractivity contribution is -0.384. The van der Waals surface area contributed by atoms with Crippen molar-refractivity contribution in [1.29, 1.82) is 0 Å². The largest absolute Gasteiger partial charge is 0.279 e. The van der Waals surface area contributed by atoms with Gasteiger partial charge in [0.1, 0.15) is 0 Å². The van der Waals surface area contributed by atoms with Crippen LogP contribution in [0.3, 0.4) is 0 Å². The molecule has 8 heteroatoms. The maximum atomic E-state index is 12.1. The number of hydrogen-bond donors (Lipinski definition) is 1. The van der Waals surface area contributed by atoms with Crippen LogP contribution in [0, 0.1) is 10.1 Å². The first-order chi connectivity index (χ1) is 9.38. The Labute approximate surface area is 123 Å². The summed E-state index contributed by atoms with van der Waals surface area (Å²) in [5, 5.41) is 10.7. The molecule has 0 saturated heterocycles. The van der Waals surface area contributed by atoms with Gasteiger partial charge >= 0.3 is 0 Å². The summed E-state index contributed by atoms with van der Waals surface area (Å²) < 4.78 is 27.2. The van der Waals surface area contributed by atoms with E-state index in [0.29, 0.717) is 4.47 Å². The van der Waals surface area contributed by atoms with Gasteiger partial charge < -0.3 is 0 Å². The molecule has 1 N–H and O–H groups in total. The minimum Gasteiger partial charge on any atom is -0.279 e. The third kappa shape index (κ3) is 3.34. The highest BCUT2D eigenvalue weighted by Gasteiger charge is 2.15. The van der Waals surface area contributed by atoms with E-state index in [1.54, 1.807) is 12.1 Å². The van der Waals surface area contributed by atoms with Crippen molar-refractivity contribution < 1.29 is 13.3 Å². The molecule has 0 spiro atoms. The van der Waals surface area contributed by atoms with Gasteiger partial charge in [-0.15, -0.1) is 0 Å². The molecule has 0 unspecified atom stereocenters. The number of nitro groups is 1. The number of sulfonamides is 1. The Morgan fingerprint density at radius 3 is 2.45 bits per heavy atom. The topological polar surface area (TPSA) is 89.3 Å². The highest BCUT2D eigenvalue weighted by molar-refractivity contribution is 9.10. The molecule has 0 atom stereocenters. The van der Waals surface area contributed by atoms with Gasteiger partial charge in [0.05, 0.1) is 15.5 Å². The molecular weight excluding hydrogens is 348 g/mol. The molecule has 0 aromatic heterocycles. The predicted octanol–water partition coefficient (Wildman–Crippen LogP) is 3.16. The number of halogens is 1. The second kappa shape index (κ2) is 5.59. The Morgan fingerprint density at radius 1 is 1.10 bits per heavy atom. The van der Waals surface area contributed by atoms with Gasteiger partial charge in [-0.2, -0.15) is 0 Å². The van der Waals surface area contributed by atoms with Gasteiger partial charge in [0.25, 0.3) is 15.7 Å². The van der Waals surface area contributed by atoms with Gasteiger partial charge in [-0.25, -0.2) is 8.42 Å². The third-order valence-electron chi connectivity index (χ3n) is 2.42. The zero-order valence-corrected chi connectivity index (χ0v) is 12.4. The van der Waals surface area contributed by atoms with Crippen LogP contribution < -0.4 is 4.72 Å². The van der Waals surface area contributed by atoms with Gasteiger partial charge in [-0.1, -0.05) is 28.1 Å². The Morgan fingerprint density at radius 2 is 1.80 bits per heavy atom. The molecule has 2 aromatic carbocycles. The van der Waals surface area contributed by atoms with Crippen LogP contribution in [0.25, 0.3) is 0 Å². The smallest absolute Gasteiger partial charge is 0.271 e. The summed E-state index contributed by atoms with van der Waals surface area (Å²) in [5.74, 6) is 0. The molecule has 2 rings (SSSR count). The summed E-state index contributed by atoms with van der Waals surface area (Å²) in [6.45, 7) is 0. The van der Waals surface area contributed by atoms with E-state index in [0.717, 1.165) is 6.07 Å². The van der Waals surface area contributed by atoms with Crippen molar-refractivity contribution in [2.45, 2.75) is 4.90 Å². The Balaban J connectivity index is 2.33. The first-order valence-corrected chi connectivity index (χ1v) is 7.69. The lowest BCUT2D eigenvalue weighted by atomic mass is 10.3. The van der Waals surface area contributed by atoms with Crippen LogP contribution in [0.5, 0.6) is 0 Å². The predicted molar refractivity (Wildman–Crippen MR) is 78.0 cm³/mol. The molecule has 20 heavy (non-hydrogen) atoms. The molecule has 0 aliphatic rings. The minimum absolute atomic E-state index is 0.0679. The fourth-order valence-electron chi connectivity index (χ4n) is 1.53. The number of nitrogens with one attached hydrogen (secondary N) is 1. The van der Waals surface area contributed by atoms with Crippen LogP contribution >= 0.6 is 15.9 Å². The van der Waals surface area contributed by atoms with Crippen molar-refractivity contribution in [3.63, 3.8) is 0 Å². The number of benzene rings is 2. The summed E-state index contributed by atoms with van der Waals surface area (Å²) in [6, 6.07) is 11.5. The number of nitro benzene ring substituents is 1. The maximum absolute atomic E-state index is 12.1. The zero-order chi connectivity index (χ0) is 14.8. The molecule has 0 bridgehead atoms. The van der Waals surface area contributed by atoms with E-state index < -0.39 is 14.9 Å². The molecular formula is C12H9BrN2O4S. The average Bonchev–Trinajstić information content (AvgIpc) is 2.38. The highest BCUT2D eigenvalue weighted by Crippen LogP contribution is 2.22. The first-order valence-electron chi connectivity index (χ1n) is 5.41. The highest BCUT2D eigenvalue weighted by atomic mass is 79.9. The van der Waals surface area contributed by atoms with E-state index in [2.05, 4.69) is 20.7 Å². The normalized spacial score (nSPS) is 11.1. The van der Waals surface area contributed by atoms with Crippen molar-refractivity contribution in [3.05, 3.63) is 63.1 Å². The Kier molecular flexibility index (Phi) is 4.05. The van der Waals surface area contributed by atoms with Crippen LogP contribution in [0.2, 0.25) is 0 Å². The number of hydrogen-bond acceptors (Lipinski definition) is 4. The van der Waals surface area contributed by atoms with Crippen LogP contribution in [-0.4, -0.2) is 13.3 Å². The van der Waals surface area contributed by atoms with E-state index in [-0.39, 0.29) is 16.3 Å². The number of non-ortho nitro benzene ring substituents is 1. The fraction of sp³-hybridized carbons (Fsp3) is 0. The number of nitrogens with zero attached hydrogens (tertiary/aromatic N) is 1. The maximum Gasteiger partial charge on any atom is 0.271 e. The zero-order valence-electron chi connectivity index (χ0n) is 9.99. The molecule has 0 amide bonds. The molecule has 2 aromatic rings. The SMILES string of the molecule is O=[N+]([O-])c1cccc(NS(=O)(=O)c2cccc(Br)c2)c1. The molecule has 0 radical (unpaired) electrons. The van der Waals surface area contributed by atoms with Crippen molar-refractivity contribution >= 4 is 37.3 Å². The third-order valence-corrected chi connectivity index (χ3v) is 4.29. The van der Waals surface area contributed by atoms with Crippen molar-refractivity contribution in [1.82, 2.24) is 0 Å². The Hall–Kier alpha value is -1.93. The monoisotopic (exact) mass is 356 g/mol. The van der Waals surface area contributed by atoms with Gasteiger partial charge in [0.2, 0.25) is 0 Å². The molecule has 0 aliphatic carbocycles. The molecule has 6 nitrogen and oxygen atoms in total. The quantitative estimate of drug-likeness (QED) is 0.672. The summed E-state index contributed by atoms with van der Waals surface area (Å²) in [4.78, 5) is 10.1. The summed E-state index contributed by atoms with van der Waals surface area (Å²) in [6.07, 6.45) is 0. The second-order valence-electron chi connectivity index (χ2n) is 3.87. The van der Waals surface area contributed by atoms with E-state index in [9.17, 15) is 18.5 Å². The van der Waals surface area contributed by atoms with E-state index in [1.807, 2.05) is 0 Å². The fourth-order valence-corrected chi connectivity index (χ4v) is 3.18. The first kappa shape index (κ1) is 14.5. The van der Waals surface area contributed by atoms with Gasteiger partial charge in [-0.05, 0) is 24.3 Å². The second-order valence-corrected chi connectivity index (χ2v) is 6.47. The van der Waals surface area contributed by atoms with Gasteiger partial charge in [0.15, 0.2) is 0 Å². The van der Waals surface area contributed by atoms with Crippen molar-refractivity contribution in [2.75, 3.05) is 4.72 Å². The van der Waals surface area contributed by atoms with Crippen molar-refractivity contribution in [2.24, 2.45) is 0 Å². The molecule has 104 valence electrons. The summed E-state index contributed by atoms with van der Waals surface area (Å²) in [5.41, 5.74) is -0.0429. The lowest BCUT2D eigenvalue weighted by Gasteiger charge is -2.08. The number of rotatable bonds is 4. The minimum atomic E-state index is -3.78. The van der Waals surface area contributed by atoms with Crippen LogP contribution in [0.1, 0.15) is 0 Å². The van der Waals surface area contributed by atoms with Crippen LogP contribution in [0.15, 0.2) is 57.9 Å². The van der Waals surface area contributed by atoms with E-state index in [1.165, 1.54) is 30.3 Å². The summed E-state index contributed by atoms with van der Waals surface area (Å²) in [7, 11) is -3.78. The molecule has 0 aliphatic heterocycles.